The fourth-order valence-electron chi connectivity index (χ4n) is 3.55. The first-order chi connectivity index (χ1) is 16.1. The second-order valence-corrected chi connectivity index (χ2v) is 7.10. The van der Waals surface area contributed by atoms with E-state index in [9.17, 15) is 10.1 Å². The zero-order valence-electron chi connectivity index (χ0n) is 18.3. The number of nitrogens with zero attached hydrogens (tertiary/aromatic N) is 2. The molecule has 1 unspecified atom stereocenters. The van der Waals surface area contributed by atoms with E-state index in [1.807, 2.05) is 30.3 Å². The molecule has 0 saturated carbocycles. The highest BCUT2D eigenvalue weighted by atomic mass is 16.5. The molecule has 1 N–H and O–H groups in total. The van der Waals surface area contributed by atoms with Gasteiger partial charge in [-0.25, -0.2) is 0 Å². The van der Waals surface area contributed by atoms with Crippen LogP contribution in [-0.2, 0) is 0 Å². The fourth-order valence-corrected chi connectivity index (χ4v) is 3.55. The molecule has 0 saturated heterocycles. The zero-order valence-corrected chi connectivity index (χ0v) is 18.3. The standard InChI is InChI=1S/C25H21N3O5/c1-30-21-12-17(13-22(31-2)24(21)32-3)20(14-26)27-25(29)16-9-10-19-18(11-16)23(33-28-19)15-7-5-4-6-8-15/h4-13,20H,1-3H3,(H,27,29). The van der Waals surface area contributed by atoms with Gasteiger partial charge in [-0.1, -0.05) is 35.5 Å². The number of nitrogens with one attached hydrogen (secondary N) is 1. The van der Waals surface area contributed by atoms with Crippen molar-refractivity contribution in [3.63, 3.8) is 0 Å². The van der Waals surface area contributed by atoms with Crippen LogP contribution in [0, 0.1) is 11.3 Å². The third-order valence-corrected chi connectivity index (χ3v) is 5.20. The molecule has 166 valence electrons. The first kappa shape index (κ1) is 21.7. The third kappa shape index (κ3) is 4.16. The van der Waals surface area contributed by atoms with Crippen molar-refractivity contribution in [2.75, 3.05) is 21.3 Å². The Morgan fingerprint density at radius 1 is 1.00 bits per heavy atom. The first-order valence-corrected chi connectivity index (χ1v) is 10.0. The maximum Gasteiger partial charge on any atom is 0.252 e. The smallest absolute Gasteiger partial charge is 0.252 e. The Kier molecular flexibility index (Phi) is 6.13. The van der Waals surface area contributed by atoms with Gasteiger partial charge < -0.3 is 24.1 Å². The van der Waals surface area contributed by atoms with E-state index in [0.29, 0.717) is 45.0 Å². The minimum atomic E-state index is -0.946. The number of benzene rings is 3. The van der Waals surface area contributed by atoms with Crippen molar-refractivity contribution in [1.82, 2.24) is 10.5 Å². The van der Waals surface area contributed by atoms with Gasteiger partial charge >= 0.3 is 0 Å². The molecule has 33 heavy (non-hydrogen) atoms. The number of carbonyl (C=O) groups is 1. The van der Waals surface area contributed by atoms with Crippen LogP contribution < -0.4 is 19.5 Å². The van der Waals surface area contributed by atoms with E-state index in [1.54, 1.807) is 30.3 Å². The molecule has 1 heterocycles. The van der Waals surface area contributed by atoms with Crippen molar-refractivity contribution in [3.8, 4) is 34.6 Å². The summed E-state index contributed by atoms with van der Waals surface area (Å²) in [5, 5.41) is 17.3. The molecule has 4 rings (SSSR count). The molecule has 0 spiro atoms. The summed E-state index contributed by atoms with van der Waals surface area (Å²) in [6, 6.07) is 19.0. The number of aromatic nitrogens is 1. The van der Waals surface area contributed by atoms with Crippen LogP contribution in [0.25, 0.3) is 22.2 Å². The molecule has 0 aliphatic heterocycles. The zero-order chi connectivity index (χ0) is 23.4. The maximum absolute atomic E-state index is 13.0. The Labute approximate surface area is 190 Å². The average molecular weight is 443 g/mol. The average Bonchev–Trinajstić information content (AvgIpc) is 3.30. The van der Waals surface area contributed by atoms with E-state index in [1.165, 1.54) is 21.3 Å². The third-order valence-electron chi connectivity index (χ3n) is 5.20. The minimum Gasteiger partial charge on any atom is -0.493 e. The van der Waals surface area contributed by atoms with Crippen LogP contribution >= 0.6 is 0 Å². The number of carbonyl (C=O) groups excluding carboxylic acids is 1. The van der Waals surface area contributed by atoms with Crippen LogP contribution in [0.3, 0.4) is 0 Å². The van der Waals surface area contributed by atoms with E-state index in [4.69, 9.17) is 18.7 Å². The summed E-state index contributed by atoms with van der Waals surface area (Å²) in [6.45, 7) is 0. The second kappa shape index (κ2) is 9.32. The number of methoxy groups -OCH3 is 3. The Hall–Kier alpha value is -4.51. The number of hydrogen-bond acceptors (Lipinski definition) is 7. The van der Waals surface area contributed by atoms with Crippen molar-refractivity contribution in [2.24, 2.45) is 0 Å². The highest BCUT2D eigenvalue weighted by molar-refractivity contribution is 6.01. The van der Waals surface area contributed by atoms with Crippen LogP contribution in [0.5, 0.6) is 17.2 Å². The van der Waals surface area contributed by atoms with E-state index < -0.39 is 11.9 Å². The van der Waals surface area contributed by atoms with Crippen LogP contribution in [0.15, 0.2) is 65.2 Å². The van der Waals surface area contributed by atoms with Crippen molar-refractivity contribution in [3.05, 3.63) is 71.8 Å². The second-order valence-electron chi connectivity index (χ2n) is 7.10. The molecule has 8 heteroatoms. The number of fused-ring (bicyclic) bond motifs is 1. The van der Waals surface area contributed by atoms with E-state index in [2.05, 4.69) is 16.5 Å². The minimum absolute atomic E-state index is 0.371. The normalized spacial score (nSPS) is 11.5. The fraction of sp³-hybridized carbons (Fsp3) is 0.160. The summed E-state index contributed by atoms with van der Waals surface area (Å²) in [5.41, 5.74) is 2.35. The van der Waals surface area contributed by atoms with Crippen LogP contribution in [-0.4, -0.2) is 32.4 Å². The van der Waals surface area contributed by atoms with E-state index in [-0.39, 0.29) is 0 Å². The molecule has 0 fully saturated rings. The Bertz CT molecular complexity index is 1320. The van der Waals surface area contributed by atoms with Gasteiger partial charge in [0.2, 0.25) is 5.75 Å². The van der Waals surface area contributed by atoms with Crippen molar-refractivity contribution in [2.45, 2.75) is 6.04 Å². The summed E-state index contributed by atoms with van der Waals surface area (Å²) >= 11 is 0. The van der Waals surface area contributed by atoms with E-state index in [0.717, 1.165) is 5.56 Å². The molecule has 1 aromatic heterocycles. The lowest BCUT2D eigenvalue weighted by atomic mass is 10.0. The Morgan fingerprint density at radius 3 is 2.30 bits per heavy atom. The largest absolute Gasteiger partial charge is 0.493 e. The first-order valence-electron chi connectivity index (χ1n) is 10.0. The molecule has 0 radical (unpaired) electrons. The van der Waals surface area contributed by atoms with Gasteiger partial charge in [-0.2, -0.15) is 5.26 Å². The molecule has 3 aromatic carbocycles. The molecule has 0 aliphatic carbocycles. The lowest BCUT2D eigenvalue weighted by Crippen LogP contribution is -2.27. The highest BCUT2D eigenvalue weighted by Gasteiger charge is 2.21. The molecule has 8 nitrogen and oxygen atoms in total. The topological polar surface area (TPSA) is 107 Å². The van der Waals surface area contributed by atoms with Gasteiger partial charge in [0.25, 0.3) is 5.91 Å². The van der Waals surface area contributed by atoms with Crippen LogP contribution in [0.2, 0.25) is 0 Å². The number of ether oxygens (including phenoxy) is 3. The number of nitriles is 1. The molecule has 1 atom stereocenters. The molecular formula is C25H21N3O5. The van der Waals surface area contributed by atoms with Crippen molar-refractivity contribution in [1.29, 1.82) is 5.26 Å². The molecule has 0 bridgehead atoms. The van der Waals surface area contributed by atoms with Crippen molar-refractivity contribution < 1.29 is 23.5 Å². The Balaban J connectivity index is 1.65. The van der Waals surface area contributed by atoms with Crippen LogP contribution in [0.1, 0.15) is 22.0 Å². The molecular weight excluding hydrogens is 422 g/mol. The summed E-state index contributed by atoms with van der Waals surface area (Å²) in [6.07, 6.45) is 0. The molecule has 1 amide bonds. The number of hydrogen-bond donors (Lipinski definition) is 1. The van der Waals surface area contributed by atoms with Gasteiger partial charge in [-0.05, 0) is 35.9 Å². The molecule has 4 aromatic rings. The Morgan fingerprint density at radius 2 is 1.70 bits per heavy atom. The van der Waals surface area contributed by atoms with E-state index >= 15 is 0 Å². The van der Waals surface area contributed by atoms with Gasteiger partial charge in [-0.3, -0.25) is 4.79 Å². The summed E-state index contributed by atoms with van der Waals surface area (Å²) in [5.74, 6) is 1.33. The van der Waals surface area contributed by atoms with Gasteiger partial charge in [0, 0.05) is 11.1 Å². The van der Waals surface area contributed by atoms with Gasteiger partial charge in [-0.15, -0.1) is 0 Å². The molecule has 0 aliphatic rings. The van der Waals surface area contributed by atoms with Crippen LogP contribution in [0.4, 0.5) is 0 Å². The number of amides is 1. The summed E-state index contributed by atoms with van der Waals surface area (Å²) in [4.78, 5) is 13.0. The predicted octanol–water partition coefficient (Wildman–Crippen LogP) is 4.52. The lowest BCUT2D eigenvalue weighted by molar-refractivity contribution is 0.0945. The van der Waals surface area contributed by atoms with Gasteiger partial charge in [0.15, 0.2) is 17.3 Å². The number of rotatable bonds is 7. The maximum atomic E-state index is 13.0. The summed E-state index contributed by atoms with van der Waals surface area (Å²) < 4.78 is 21.5. The van der Waals surface area contributed by atoms with Gasteiger partial charge in [0.05, 0.1) is 32.8 Å². The quantitative estimate of drug-likeness (QED) is 0.448. The lowest BCUT2D eigenvalue weighted by Gasteiger charge is -2.17. The van der Waals surface area contributed by atoms with Gasteiger partial charge in [0.1, 0.15) is 11.6 Å². The predicted molar refractivity (Wildman–Crippen MR) is 121 cm³/mol. The van der Waals surface area contributed by atoms with Crippen molar-refractivity contribution >= 4 is 16.8 Å². The SMILES string of the molecule is COc1cc(C(C#N)NC(=O)c2ccc3noc(-c4ccccc4)c3c2)cc(OC)c1OC. The summed E-state index contributed by atoms with van der Waals surface area (Å²) in [7, 11) is 4.47. The monoisotopic (exact) mass is 443 g/mol. The highest BCUT2D eigenvalue weighted by Crippen LogP contribution is 2.39.